The van der Waals surface area contributed by atoms with Crippen LogP contribution in [0, 0.1) is 21.4 Å². The maximum atomic E-state index is 13.2. The van der Waals surface area contributed by atoms with Gasteiger partial charge in [0.1, 0.15) is 12.4 Å². The summed E-state index contributed by atoms with van der Waals surface area (Å²) < 4.78 is 5.94. The maximum Gasteiger partial charge on any atom is 0.294 e. The molecule has 2 saturated heterocycles. The summed E-state index contributed by atoms with van der Waals surface area (Å²) in [5, 5.41) is 20.6. The number of likely N-dealkylation sites (tertiary alicyclic amines) is 2. The number of hydrogen-bond acceptors (Lipinski definition) is 8. The summed E-state index contributed by atoms with van der Waals surface area (Å²) in [5.74, 6) is 1.46. The minimum absolute atomic E-state index is 0.156. The average Bonchev–Trinajstić information content (AvgIpc) is 3.12. The molecule has 1 amide bonds. The third-order valence-electron chi connectivity index (χ3n) is 10.0. The molecule has 304 valence electrons. The summed E-state index contributed by atoms with van der Waals surface area (Å²) in [7, 11) is 2.10. The maximum absolute atomic E-state index is 13.2. The molecule has 1 aromatic carbocycles. The molecule has 2 heterocycles. The van der Waals surface area contributed by atoms with Crippen molar-refractivity contribution >= 4 is 17.3 Å². The molecule has 2 N–H and O–H groups in total. The molecule has 2 fully saturated rings. The van der Waals surface area contributed by atoms with Crippen molar-refractivity contribution in [3.63, 3.8) is 0 Å². The lowest BCUT2D eigenvalue weighted by Crippen LogP contribution is -2.64. The largest absolute Gasteiger partial charge is 0.493 e. The van der Waals surface area contributed by atoms with E-state index in [9.17, 15) is 14.9 Å². The molecule has 2 aliphatic heterocycles. The standard InChI is InChI=1S/C27H42N2O2.C8H15N3O3.2C4H10/c1-9-14-24(28)19(7)20(8)27(30)29-26(18(6)10-2)23-17-22(21(11-3)12-4)15-16-25(23)31-13-5;1-9-4-8(5-9)10-2-7(3-10)6-14-11(12)13;2*1-3-4-2/h15-17,21,28H,9-14H2,1-8H3,(H,29,30);7-8H,2-6H2,1H3;2*3-4H2,1-2H3/b20-19+,26-18?,28-24?;;;. The normalized spacial score (nSPS) is 15.4. The number of benzene rings is 1. The van der Waals surface area contributed by atoms with Crippen LogP contribution >= 0.6 is 0 Å². The van der Waals surface area contributed by atoms with Gasteiger partial charge in [-0.05, 0) is 95.2 Å². The van der Waals surface area contributed by atoms with Crippen LogP contribution < -0.4 is 10.1 Å². The number of ether oxygens (including phenoxy) is 1. The van der Waals surface area contributed by atoms with E-state index in [2.05, 4.69) is 94.5 Å². The molecule has 1 aromatic rings. The number of carbonyl (C=O) groups excluding carboxylic acids is 1. The molecule has 10 heteroatoms. The Hall–Kier alpha value is -3.24. The van der Waals surface area contributed by atoms with Crippen LogP contribution in [0.4, 0.5) is 0 Å². The highest BCUT2D eigenvalue weighted by Crippen LogP contribution is 2.33. The van der Waals surface area contributed by atoms with Gasteiger partial charge >= 0.3 is 0 Å². The van der Waals surface area contributed by atoms with Gasteiger partial charge in [0, 0.05) is 55.0 Å². The molecule has 0 unspecified atom stereocenters. The van der Waals surface area contributed by atoms with Crippen molar-refractivity contribution in [2.24, 2.45) is 5.92 Å². The van der Waals surface area contributed by atoms with E-state index < -0.39 is 5.09 Å². The number of likely N-dealkylation sites (N-methyl/N-ethyl adjacent to an activating group) is 1. The molecule has 0 aromatic heterocycles. The zero-order chi connectivity index (χ0) is 40.5. The Bertz CT molecular complexity index is 1270. The van der Waals surface area contributed by atoms with Gasteiger partial charge in [-0.25, -0.2) is 0 Å². The molecule has 53 heavy (non-hydrogen) atoms. The molecular formula is C43H77N5O5. The van der Waals surface area contributed by atoms with Gasteiger partial charge in [-0.2, -0.15) is 0 Å². The van der Waals surface area contributed by atoms with Crippen LogP contribution in [0.1, 0.15) is 158 Å². The first kappa shape index (κ1) is 49.8. The molecule has 0 aliphatic carbocycles. The van der Waals surface area contributed by atoms with E-state index >= 15 is 0 Å². The van der Waals surface area contributed by atoms with Gasteiger partial charge in [0.2, 0.25) is 0 Å². The van der Waals surface area contributed by atoms with Crippen LogP contribution in [-0.2, 0) is 9.63 Å². The van der Waals surface area contributed by atoms with E-state index in [1.165, 1.54) is 31.2 Å². The van der Waals surface area contributed by atoms with Crippen molar-refractivity contribution in [2.75, 3.05) is 46.4 Å². The number of nitrogens with one attached hydrogen (secondary N) is 2. The molecule has 10 nitrogen and oxygen atoms in total. The first-order chi connectivity index (χ1) is 25.2. The van der Waals surface area contributed by atoms with Gasteiger partial charge in [0.25, 0.3) is 11.0 Å². The minimum Gasteiger partial charge on any atom is -0.493 e. The number of nitrogens with zero attached hydrogens (tertiary/aromatic N) is 3. The predicted octanol–water partition coefficient (Wildman–Crippen LogP) is 10.5. The zero-order valence-corrected chi connectivity index (χ0v) is 36.0. The van der Waals surface area contributed by atoms with Gasteiger partial charge in [0.15, 0.2) is 0 Å². The monoisotopic (exact) mass is 744 g/mol. The van der Waals surface area contributed by atoms with Gasteiger partial charge in [-0.1, -0.05) is 93.6 Å². The Balaban J connectivity index is 0.000000996. The Morgan fingerprint density at radius 3 is 1.91 bits per heavy atom. The van der Waals surface area contributed by atoms with Crippen molar-refractivity contribution in [2.45, 2.75) is 153 Å². The Morgan fingerprint density at radius 2 is 1.47 bits per heavy atom. The number of allylic oxidation sites excluding steroid dienone is 2. The smallest absolute Gasteiger partial charge is 0.294 e. The molecule has 0 spiro atoms. The summed E-state index contributed by atoms with van der Waals surface area (Å²) >= 11 is 0. The van der Waals surface area contributed by atoms with Gasteiger partial charge in [-0.15, -0.1) is 10.1 Å². The zero-order valence-electron chi connectivity index (χ0n) is 36.0. The highest BCUT2D eigenvalue weighted by molar-refractivity contribution is 6.08. The first-order valence-electron chi connectivity index (χ1n) is 20.5. The summed E-state index contributed by atoms with van der Waals surface area (Å²) in [6.45, 7) is 30.0. The first-order valence-corrected chi connectivity index (χ1v) is 20.5. The lowest BCUT2D eigenvalue weighted by Gasteiger charge is -2.50. The summed E-state index contributed by atoms with van der Waals surface area (Å²) in [4.78, 5) is 32.1. The summed E-state index contributed by atoms with van der Waals surface area (Å²) in [6, 6.07) is 7.04. The second-order valence-corrected chi connectivity index (χ2v) is 14.4. The van der Waals surface area contributed by atoms with Gasteiger partial charge in [-0.3, -0.25) is 9.69 Å². The highest BCUT2D eigenvalue weighted by atomic mass is 16.9. The topological polar surface area (TPSA) is 121 Å². The highest BCUT2D eigenvalue weighted by Gasteiger charge is 2.37. The van der Waals surface area contributed by atoms with Crippen LogP contribution in [0.3, 0.4) is 0 Å². The summed E-state index contributed by atoms with van der Waals surface area (Å²) in [5.41, 5.74) is 6.00. The fourth-order valence-corrected chi connectivity index (χ4v) is 5.74. The third-order valence-corrected chi connectivity index (χ3v) is 10.0. The molecule has 3 rings (SSSR count). The van der Waals surface area contributed by atoms with Crippen molar-refractivity contribution in [3.05, 3.63) is 56.2 Å². The quantitative estimate of drug-likeness (QED) is 0.0664. The van der Waals surface area contributed by atoms with Crippen LogP contribution in [0.15, 0.2) is 34.9 Å². The number of hydrogen-bond donors (Lipinski definition) is 2. The minimum atomic E-state index is -0.709. The second kappa shape index (κ2) is 28.2. The molecule has 0 atom stereocenters. The van der Waals surface area contributed by atoms with E-state index in [0.29, 0.717) is 42.2 Å². The fourth-order valence-electron chi connectivity index (χ4n) is 5.74. The number of carbonyl (C=O) groups is 1. The van der Waals surface area contributed by atoms with Crippen molar-refractivity contribution in [1.29, 1.82) is 5.41 Å². The summed E-state index contributed by atoms with van der Waals surface area (Å²) in [6.07, 6.45) is 9.82. The van der Waals surface area contributed by atoms with Crippen molar-refractivity contribution in [1.82, 2.24) is 15.1 Å². The van der Waals surface area contributed by atoms with Gasteiger partial charge < -0.3 is 25.2 Å². The molecule has 0 radical (unpaired) electrons. The fraction of sp³-hybridized carbons (Fsp3) is 0.721. The molecule has 2 aliphatic rings. The Morgan fingerprint density at radius 1 is 0.906 bits per heavy atom. The molecule has 0 saturated carbocycles. The van der Waals surface area contributed by atoms with E-state index in [1.54, 1.807) is 6.92 Å². The van der Waals surface area contributed by atoms with E-state index in [4.69, 9.17) is 10.1 Å². The Labute approximate surface area is 323 Å². The van der Waals surface area contributed by atoms with Crippen LogP contribution in [0.5, 0.6) is 5.75 Å². The van der Waals surface area contributed by atoms with Crippen molar-refractivity contribution in [3.8, 4) is 5.75 Å². The Kier molecular flexibility index (Phi) is 26.5. The van der Waals surface area contributed by atoms with Gasteiger partial charge in [0.05, 0.1) is 12.3 Å². The lowest BCUT2D eigenvalue weighted by atomic mass is 9.91. The number of amides is 1. The third kappa shape index (κ3) is 18.1. The number of rotatable bonds is 18. The SMILES string of the molecule is CCCC.CCCC.CCCC(=N)/C(C)=C(\C)C(=O)NC(=C(C)CC)c1cc(C(CC)CC)ccc1OCC.CN1CC(N2CC(CO[N+](=O)[O-])C2)C1. The van der Waals surface area contributed by atoms with E-state index in [-0.39, 0.29) is 12.5 Å². The molecular weight excluding hydrogens is 667 g/mol. The predicted molar refractivity (Wildman–Crippen MR) is 223 cm³/mol. The van der Waals surface area contributed by atoms with Crippen LogP contribution in [0.2, 0.25) is 0 Å². The second-order valence-electron chi connectivity index (χ2n) is 14.4. The molecule has 0 bridgehead atoms. The van der Waals surface area contributed by atoms with Crippen molar-refractivity contribution < 1.29 is 19.5 Å². The van der Waals surface area contributed by atoms with E-state index in [1.807, 2.05) is 26.8 Å². The van der Waals surface area contributed by atoms with E-state index in [0.717, 1.165) is 80.0 Å². The number of unbranched alkanes of at least 4 members (excludes halogenated alkanes) is 2. The lowest BCUT2D eigenvalue weighted by molar-refractivity contribution is -0.759. The van der Waals surface area contributed by atoms with Crippen LogP contribution in [-0.4, -0.2) is 79.0 Å². The van der Waals surface area contributed by atoms with Crippen LogP contribution in [0.25, 0.3) is 5.70 Å². The average molecular weight is 744 g/mol.